The zero-order valence-corrected chi connectivity index (χ0v) is 12.9. The van der Waals surface area contributed by atoms with Gasteiger partial charge >= 0.3 is 5.97 Å². The number of hydrogen-bond donors (Lipinski definition) is 1. The van der Waals surface area contributed by atoms with Crippen molar-refractivity contribution in [3.8, 4) is 0 Å². The molecule has 0 unspecified atom stereocenters. The third-order valence-corrected chi connectivity index (χ3v) is 5.47. The van der Waals surface area contributed by atoms with Crippen LogP contribution < -0.4 is 0 Å². The van der Waals surface area contributed by atoms with Gasteiger partial charge in [-0.1, -0.05) is 12.1 Å². The largest absolute Gasteiger partial charge is 0.478 e. The highest BCUT2D eigenvalue weighted by Crippen LogP contribution is 2.25. The molecule has 7 heteroatoms. The van der Waals surface area contributed by atoms with Crippen LogP contribution in [0.25, 0.3) is 0 Å². The van der Waals surface area contributed by atoms with Gasteiger partial charge in [0.05, 0.1) is 30.1 Å². The van der Waals surface area contributed by atoms with Crippen molar-refractivity contribution in [3.05, 3.63) is 35.4 Å². The Balaban J connectivity index is 2.25. The van der Waals surface area contributed by atoms with Gasteiger partial charge in [-0.05, 0) is 31.5 Å². The molecule has 1 saturated heterocycles. The highest BCUT2D eigenvalue weighted by Gasteiger charge is 2.38. The minimum absolute atomic E-state index is 0.0870. The molecule has 0 saturated carbocycles. The van der Waals surface area contributed by atoms with E-state index in [0.29, 0.717) is 25.3 Å². The van der Waals surface area contributed by atoms with Crippen molar-refractivity contribution in [1.29, 1.82) is 0 Å². The van der Waals surface area contributed by atoms with Gasteiger partial charge in [-0.2, -0.15) is 4.31 Å². The number of ether oxygens (including phenoxy) is 1. The fraction of sp³-hybridized carbons (Fsp3) is 0.500. The lowest BCUT2D eigenvalue weighted by molar-refractivity contribution is -0.00778. The van der Waals surface area contributed by atoms with Gasteiger partial charge in [0.2, 0.25) is 10.0 Å². The molecule has 0 aliphatic carbocycles. The number of aromatic carboxylic acids is 1. The molecule has 0 atom stereocenters. The third-order valence-electron chi connectivity index (χ3n) is 3.43. The molecule has 0 aromatic heterocycles. The van der Waals surface area contributed by atoms with Crippen LogP contribution in [-0.4, -0.2) is 49.1 Å². The second kappa shape index (κ2) is 5.75. The lowest BCUT2D eigenvalue weighted by Crippen LogP contribution is -2.55. The summed E-state index contributed by atoms with van der Waals surface area (Å²) in [5.41, 5.74) is -0.0391. The summed E-state index contributed by atoms with van der Waals surface area (Å²) in [4.78, 5) is 10.9. The van der Waals surface area contributed by atoms with Crippen LogP contribution in [0.3, 0.4) is 0 Å². The zero-order chi connectivity index (χ0) is 15.7. The molecule has 1 aromatic carbocycles. The molecule has 0 amide bonds. The quantitative estimate of drug-likeness (QED) is 0.906. The van der Waals surface area contributed by atoms with E-state index in [2.05, 4.69) is 0 Å². The van der Waals surface area contributed by atoms with Crippen LogP contribution in [-0.2, 0) is 20.5 Å². The summed E-state index contributed by atoms with van der Waals surface area (Å²) < 4.78 is 31.9. The van der Waals surface area contributed by atoms with Crippen LogP contribution >= 0.6 is 0 Å². The standard InChI is InChI=1S/C14H19NO5S/c1-14(2)10-20-7-6-15(14)21(18,19)9-11-4-3-5-12(8-11)13(16)17/h3-5,8H,6-7,9-10H2,1-2H3,(H,16,17). The van der Waals surface area contributed by atoms with Crippen LogP contribution in [0, 0.1) is 0 Å². The maximum absolute atomic E-state index is 12.6. The summed E-state index contributed by atoms with van der Waals surface area (Å²) in [7, 11) is -3.53. The van der Waals surface area contributed by atoms with Crippen LogP contribution in [0.5, 0.6) is 0 Å². The van der Waals surface area contributed by atoms with Gasteiger partial charge in [-0.25, -0.2) is 13.2 Å². The van der Waals surface area contributed by atoms with Gasteiger partial charge in [0, 0.05) is 6.54 Å². The SMILES string of the molecule is CC1(C)COCCN1S(=O)(=O)Cc1cccc(C(=O)O)c1. The van der Waals surface area contributed by atoms with Gasteiger partial charge in [0.15, 0.2) is 0 Å². The Labute approximate surface area is 124 Å². The molecule has 1 aliphatic heterocycles. The fourth-order valence-electron chi connectivity index (χ4n) is 2.44. The maximum atomic E-state index is 12.6. The van der Waals surface area contributed by atoms with E-state index in [4.69, 9.17) is 9.84 Å². The topological polar surface area (TPSA) is 83.9 Å². The van der Waals surface area contributed by atoms with E-state index in [0.717, 1.165) is 0 Å². The fourth-order valence-corrected chi connectivity index (χ4v) is 4.36. The van der Waals surface area contributed by atoms with Crippen molar-refractivity contribution in [2.75, 3.05) is 19.8 Å². The average Bonchev–Trinajstić information content (AvgIpc) is 2.37. The predicted molar refractivity (Wildman–Crippen MR) is 77.6 cm³/mol. The van der Waals surface area contributed by atoms with Gasteiger partial charge < -0.3 is 9.84 Å². The summed E-state index contributed by atoms with van der Waals surface area (Å²) in [5, 5.41) is 8.96. The lowest BCUT2D eigenvalue weighted by atomic mass is 10.1. The number of hydrogen-bond acceptors (Lipinski definition) is 4. The number of carbonyl (C=O) groups is 1. The first-order valence-electron chi connectivity index (χ1n) is 6.63. The summed E-state index contributed by atoms with van der Waals surface area (Å²) in [6.07, 6.45) is 0. The van der Waals surface area contributed by atoms with Crippen LogP contribution in [0.2, 0.25) is 0 Å². The van der Waals surface area contributed by atoms with Gasteiger partial charge in [0.25, 0.3) is 0 Å². The van der Waals surface area contributed by atoms with E-state index in [1.54, 1.807) is 12.1 Å². The Morgan fingerprint density at radius 2 is 2.14 bits per heavy atom. The molecule has 0 bridgehead atoms. The Kier molecular flexibility index (Phi) is 4.36. The highest BCUT2D eigenvalue weighted by atomic mass is 32.2. The number of nitrogens with zero attached hydrogens (tertiary/aromatic N) is 1. The second-order valence-corrected chi connectivity index (χ2v) is 7.59. The van der Waals surface area contributed by atoms with E-state index in [-0.39, 0.29) is 11.3 Å². The summed E-state index contributed by atoms with van der Waals surface area (Å²) in [6.45, 7) is 4.67. The van der Waals surface area contributed by atoms with Crippen LogP contribution in [0.1, 0.15) is 29.8 Å². The van der Waals surface area contributed by atoms with E-state index in [1.807, 2.05) is 13.8 Å². The molecule has 1 aliphatic rings. The zero-order valence-electron chi connectivity index (χ0n) is 12.1. The molecule has 1 heterocycles. The molecule has 0 radical (unpaired) electrons. The van der Waals surface area contributed by atoms with Crippen molar-refractivity contribution in [2.45, 2.75) is 25.1 Å². The summed E-state index contributed by atoms with van der Waals surface area (Å²) in [5.74, 6) is -1.28. The van der Waals surface area contributed by atoms with Crippen molar-refractivity contribution in [1.82, 2.24) is 4.31 Å². The summed E-state index contributed by atoms with van der Waals surface area (Å²) in [6, 6.07) is 6.01. The van der Waals surface area contributed by atoms with Crippen molar-refractivity contribution in [2.24, 2.45) is 0 Å². The molecule has 6 nitrogen and oxygen atoms in total. The average molecular weight is 313 g/mol. The normalized spacial score (nSPS) is 19.3. The van der Waals surface area contributed by atoms with Crippen molar-refractivity contribution in [3.63, 3.8) is 0 Å². The molecule has 1 aromatic rings. The Morgan fingerprint density at radius 1 is 1.43 bits per heavy atom. The smallest absolute Gasteiger partial charge is 0.335 e. The molecular weight excluding hydrogens is 294 g/mol. The van der Waals surface area contributed by atoms with Gasteiger partial charge in [-0.15, -0.1) is 0 Å². The minimum Gasteiger partial charge on any atom is -0.478 e. The molecular formula is C14H19NO5S. The van der Waals surface area contributed by atoms with Crippen molar-refractivity contribution >= 4 is 16.0 Å². The third kappa shape index (κ3) is 3.61. The number of rotatable bonds is 4. The molecule has 21 heavy (non-hydrogen) atoms. The Hall–Kier alpha value is -1.44. The lowest BCUT2D eigenvalue weighted by Gasteiger charge is -2.40. The molecule has 116 valence electrons. The molecule has 1 N–H and O–H groups in total. The number of carboxylic acids is 1. The first kappa shape index (κ1) is 15.9. The molecule has 1 fully saturated rings. The van der Waals surface area contributed by atoms with E-state index < -0.39 is 21.5 Å². The van der Waals surface area contributed by atoms with Crippen LogP contribution in [0.4, 0.5) is 0 Å². The predicted octanol–water partition coefficient (Wildman–Crippen LogP) is 1.33. The minimum atomic E-state index is -3.53. The number of sulfonamides is 1. The highest BCUT2D eigenvalue weighted by molar-refractivity contribution is 7.88. The molecule has 2 rings (SSSR count). The number of carboxylic acid groups (broad SMARTS) is 1. The monoisotopic (exact) mass is 313 g/mol. The van der Waals surface area contributed by atoms with Gasteiger partial charge in [-0.3, -0.25) is 0 Å². The Morgan fingerprint density at radius 3 is 2.76 bits per heavy atom. The van der Waals surface area contributed by atoms with E-state index >= 15 is 0 Å². The van der Waals surface area contributed by atoms with Crippen LogP contribution in [0.15, 0.2) is 24.3 Å². The van der Waals surface area contributed by atoms with E-state index in [1.165, 1.54) is 16.4 Å². The first-order chi connectivity index (χ1) is 9.72. The van der Waals surface area contributed by atoms with E-state index in [9.17, 15) is 13.2 Å². The number of morpholine rings is 1. The first-order valence-corrected chi connectivity index (χ1v) is 8.24. The second-order valence-electron chi connectivity index (χ2n) is 5.70. The maximum Gasteiger partial charge on any atom is 0.335 e. The van der Waals surface area contributed by atoms with Gasteiger partial charge in [0.1, 0.15) is 0 Å². The molecule has 0 spiro atoms. The Bertz CT molecular complexity index is 639. The summed E-state index contributed by atoms with van der Waals surface area (Å²) >= 11 is 0. The number of benzene rings is 1. The van der Waals surface area contributed by atoms with Crippen molar-refractivity contribution < 1.29 is 23.1 Å².